The Balaban J connectivity index is 0.000000257. The number of rotatable bonds is 1. The van der Waals surface area contributed by atoms with Crippen molar-refractivity contribution in [1.82, 2.24) is 0 Å². The Kier molecular flexibility index (Phi) is 4.69. The summed E-state index contributed by atoms with van der Waals surface area (Å²) in [6, 6.07) is 14.6. The standard InChI is InChI=1S/C14H13O.ClHO4/c1-2-5-11(6-3-1)14-10-9-12-7-4-8-13(12)15-14;2-1(3,4)5/h1-3,5-6,9-10H,4,7-8H2;(H,2,3,4,5)/q+1;/p-1. The van der Waals surface area contributed by atoms with Crippen molar-refractivity contribution in [1.29, 1.82) is 0 Å². The summed E-state index contributed by atoms with van der Waals surface area (Å²) in [5, 5.41) is 0. The molecule has 0 N–H and O–H groups in total. The Morgan fingerprint density at radius 2 is 1.50 bits per heavy atom. The van der Waals surface area contributed by atoms with Crippen LogP contribution in [0.15, 0.2) is 46.9 Å². The van der Waals surface area contributed by atoms with Crippen LogP contribution < -0.4 is 18.6 Å². The van der Waals surface area contributed by atoms with Gasteiger partial charge in [-0.05, 0) is 31.0 Å². The quantitative estimate of drug-likeness (QED) is 0.625. The molecule has 2 aromatic rings. The van der Waals surface area contributed by atoms with Gasteiger partial charge >= 0.3 is 11.5 Å². The van der Waals surface area contributed by atoms with Crippen molar-refractivity contribution < 1.29 is 33.3 Å². The maximum Gasteiger partial charge on any atom is 0.360 e. The highest BCUT2D eigenvalue weighted by Gasteiger charge is 2.24. The molecule has 0 unspecified atom stereocenters. The van der Waals surface area contributed by atoms with Crippen LogP contribution in [0.1, 0.15) is 17.7 Å². The van der Waals surface area contributed by atoms with Gasteiger partial charge < -0.3 is 0 Å². The normalized spacial score (nSPS) is 13.4. The van der Waals surface area contributed by atoms with Crippen molar-refractivity contribution in [3.8, 4) is 11.3 Å². The Morgan fingerprint density at radius 3 is 2.15 bits per heavy atom. The lowest BCUT2D eigenvalue weighted by molar-refractivity contribution is -2.00. The van der Waals surface area contributed by atoms with Crippen LogP contribution in [0.25, 0.3) is 11.3 Å². The molecule has 0 radical (unpaired) electrons. The largest absolute Gasteiger partial charge is 0.360 e. The summed E-state index contributed by atoms with van der Waals surface area (Å²) < 4.78 is 39.9. The highest BCUT2D eigenvalue weighted by Crippen LogP contribution is 2.27. The minimum Gasteiger partial charge on any atom is -0.222 e. The maximum absolute atomic E-state index is 8.49. The summed E-state index contributed by atoms with van der Waals surface area (Å²) >= 11 is 0. The number of hydrogen-bond acceptors (Lipinski definition) is 4. The third kappa shape index (κ3) is 4.56. The summed E-state index contributed by atoms with van der Waals surface area (Å²) in [6.07, 6.45) is 3.50. The van der Waals surface area contributed by atoms with Gasteiger partial charge in [0.1, 0.15) is 0 Å². The van der Waals surface area contributed by atoms with Crippen molar-refractivity contribution in [3.63, 3.8) is 0 Å². The molecule has 6 heteroatoms. The number of aryl methyl sites for hydroxylation is 2. The summed E-state index contributed by atoms with van der Waals surface area (Å²) in [4.78, 5) is 0. The number of fused-ring (bicyclic) bond motifs is 1. The van der Waals surface area contributed by atoms with Gasteiger partial charge in [-0.2, -0.15) is 0 Å². The van der Waals surface area contributed by atoms with E-state index in [0.717, 1.165) is 17.7 Å². The van der Waals surface area contributed by atoms with E-state index in [1.165, 1.54) is 24.2 Å². The molecule has 1 aliphatic rings. The number of benzene rings is 1. The van der Waals surface area contributed by atoms with E-state index >= 15 is 0 Å². The molecule has 0 amide bonds. The zero-order chi connectivity index (χ0) is 14.6. The van der Waals surface area contributed by atoms with Gasteiger partial charge in [-0.1, -0.05) is 18.2 Å². The summed E-state index contributed by atoms with van der Waals surface area (Å²) in [7, 11) is -4.94. The van der Waals surface area contributed by atoms with Gasteiger partial charge in [-0.25, -0.2) is 23.1 Å². The van der Waals surface area contributed by atoms with Crippen molar-refractivity contribution in [3.05, 3.63) is 53.8 Å². The molecular weight excluding hydrogens is 284 g/mol. The van der Waals surface area contributed by atoms with Gasteiger partial charge in [-0.3, -0.25) is 0 Å². The lowest BCUT2D eigenvalue weighted by Gasteiger charge is -2.17. The molecule has 1 aromatic heterocycles. The van der Waals surface area contributed by atoms with Gasteiger partial charge in [0.2, 0.25) is 0 Å². The summed E-state index contributed by atoms with van der Waals surface area (Å²) in [5.41, 5.74) is 2.54. The number of hydrogen-bond donors (Lipinski definition) is 0. The van der Waals surface area contributed by atoms with Gasteiger partial charge in [0.05, 0.1) is 17.5 Å². The molecule has 0 spiro atoms. The van der Waals surface area contributed by atoms with E-state index < -0.39 is 10.2 Å². The van der Waals surface area contributed by atoms with Gasteiger partial charge in [0, 0.05) is 6.07 Å². The molecule has 0 aliphatic heterocycles. The predicted octanol–water partition coefficient (Wildman–Crippen LogP) is -1.04. The maximum atomic E-state index is 8.49. The zero-order valence-corrected chi connectivity index (χ0v) is 11.3. The Bertz CT molecular complexity index is 560. The second-order valence-electron chi connectivity index (χ2n) is 4.35. The van der Waals surface area contributed by atoms with Gasteiger partial charge in [0.25, 0.3) is 0 Å². The molecular formula is C14H13ClO5. The van der Waals surface area contributed by atoms with Crippen LogP contribution in [0, 0.1) is 10.2 Å². The highest BCUT2D eigenvalue weighted by molar-refractivity contribution is 5.57. The molecule has 0 saturated heterocycles. The van der Waals surface area contributed by atoms with Crippen molar-refractivity contribution >= 4 is 0 Å². The van der Waals surface area contributed by atoms with E-state index in [-0.39, 0.29) is 0 Å². The third-order valence-electron chi connectivity index (χ3n) is 2.94. The fourth-order valence-corrected chi connectivity index (χ4v) is 2.13. The zero-order valence-electron chi connectivity index (χ0n) is 10.6. The second kappa shape index (κ2) is 6.30. The van der Waals surface area contributed by atoms with Crippen molar-refractivity contribution in [2.75, 3.05) is 0 Å². The van der Waals surface area contributed by atoms with Gasteiger partial charge in [-0.15, -0.1) is 10.2 Å². The molecule has 1 aliphatic carbocycles. The first-order valence-corrected chi connectivity index (χ1v) is 7.29. The third-order valence-corrected chi connectivity index (χ3v) is 2.94. The molecule has 3 rings (SSSR count). The second-order valence-corrected chi connectivity index (χ2v) is 5.10. The van der Waals surface area contributed by atoms with Crippen LogP contribution in [0.2, 0.25) is 0 Å². The van der Waals surface area contributed by atoms with Crippen LogP contribution in [0.4, 0.5) is 0 Å². The van der Waals surface area contributed by atoms with Crippen LogP contribution in [0.3, 0.4) is 0 Å². The smallest absolute Gasteiger partial charge is 0.222 e. The van der Waals surface area contributed by atoms with Gasteiger partial charge in [0.15, 0.2) is 0 Å². The number of halogens is 1. The Hall–Kier alpha value is -1.50. The van der Waals surface area contributed by atoms with Crippen LogP contribution in [0.5, 0.6) is 0 Å². The fourth-order valence-electron chi connectivity index (χ4n) is 2.13. The molecule has 106 valence electrons. The SMILES string of the molecule is [O-][Cl+3]([O-])([O-])[O-].c1ccc(-c2ccc3c([o+]2)CCC3)cc1. The monoisotopic (exact) mass is 296 g/mol. The van der Waals surface area contributed by atoms with Crippen LogP contribution in [-0.4, -0.2) is 0 Å². The van der Waals surface area contributed by atoms with E-state index in [9.17, 15) is 0 Å². The molecule has 20 heavy (non-hydrogen) atoms. The molecule has 0 atom stereocenters. The molecule has 0 fully saturated rings. The van der Waals surface area contributed by atoms with E-state index in [1.54, 1.807) is 0 Å². The predicted molar refractivity (Wildman–Crippen MR) is 60.6 cm³/mol. The van der Waals surface area contributed by atoms with Crippen LogP contribution >= 0.6 is 0 Å². The molecule has 0 bridgehead atoms. The average molecular weight is 297 g/mol. The first-order valence-electron chi connectivity index (χ1n) is 6.05. The summed E-state index contributed by atoms with van der Waals surface area (Å²) in [5.74, 6) is 2.16. The topological polar surface area (TPSA) is 104 Å². The van der Waals surface area contributed by atoms with Crippen molar-refractivity contribution in [2.45, 2.75) is 19.3 Å². The lowest BCUT2D eigenvalue weighted by atomic mass is 10.1. The molecule has 1 heterocycles. The average Bonchev–Trinajstić information content (AvgIpc) is 2.85. The van der Waals surface area contributed by atoms with Crippen LogP contribution in [-0.2, 0) is 12.8 Å². The van der Waals surface area contributed by atoms with Crippen molar-refractivity contribution in [2.24, 2.45) is 0 Å². The van der Waals surface area contributed by atoms with E-state index in [0.29, 0.717) is 0 Å². The Labute approximate surface area is 118 Å². The molecule has 1 aromatic carbocycles. The highest BCUT2D eigenvalue weighted by atomic mass is 35.7. The van der Waals surface area contributed by atoms with E-state index in [4.69, 9.17) is 23.1 Å². The summed E-state index contributed by atoms with van der Waals surface area (Å²) in [6.45, 7) is 0. The Morgan fingerprint density at radius 1 is 0.850 bits per heavy atom. The molecule has 0 saturated carbocycles. The first-order chi connectivity index (χ1) is 9.43. The van der Waals surface area contributed by atoms with E-state index in [2.05, 4.69) is 24.3 Å². The first kappa shape index (κ1) is 14.9. The minimum atomic E-state index is -4.94. The fraction of sp³-hybridized carbons (Fsp3) is 0.214. The minimum absolute atomic E-state index is 0.983. The lowest BCUT2D eigenvalue weighted by Crippen LogP contribution is -2.68. The molecule has 5 nitrogen and oxygen atoms in total. The van der Waals surface area contributed by atoms with E-state index in [1.807, 2.05) is 18.2 Å².